The van der Waals surface area contributed by atoms with E-state index in [2.05, 4.69) is 15.6 Å². The highest BCUT2D eigenvalue weighted by Crippen LogP contribution is 2.27. The molecule has 1 aliphatic heterocycles. The van der Waals surface area contributed by atoms with Crippen LogP contribution >= 0.6 is 0 Å². The van der Waals surface area contributed by atoms with E-state index in [1.54, 1.807) is 0 Å². The summed E-state index contributed by atoms with van der Waals surface area (Å²) < 4.78 is 43.1. The van der Waals surface area contributed by atoms with Crippen LogP contribution in [0.1, 0.15) is 33.3 Å². The zero-order valence-corrected chi connectivity index (χ0v) is 13.8. The SMILES string of the molecule is O=C(NCc1ccc(C2CNCCO2)cc1)c1ccc(C(F)(F)F)nc1. The lowest BCUT2D eigenvalue weighted by atomic mass is 10.1. The molecule has 0 spiro atoms. The molecule has 1 aromatic heterocycles. The van der Waals surface area contributed by atoms with Crippen molar-refractivity contribution in [2.75, 3.05) is 19.7 Å². The number of benzene rings is 1. The van der Waals surface area contributed by atoms with Gasteiger partial charge in [0.05, 0.1) is 18.3 Å². The van der Waals surface area contributed by atoms with Gasteiger partial charge in [-0.3, -0.25) is 9.78 Å². The quantitative estimate of drug-likeness (QED) is 0.875. The van der Waals surface area contributed by atoms with E-state index in [1.807, 2.05) is 24.3 Å². The number of pyridine rings is 1. The normalized spacial score (nSPS) is 17.7. The van der Waals surface area contributed by atoms with E-state index in [0.717, 1.165) is 42.5 Å². The Morgan fingerprint density at radius 3 is 2.58 bits per heavy atom. The van der Waals surface area contributed by atoms with E-state index in [-0.39, 0.29) is 18.2 Å². The number of alkyl halides is 3. The molecule has 0 bridgehead atoms. The molecular weight excluding hydrogens is 347 g/mol. The number of carbonyl (C=O) groups excluding carboxylic acids is 1. The molecule has 0 saturated carbocycles. The standard InChI is InChI=1S/C18H18F3N3O2/c19-18(20,21)16-6-5-14(10-23-16)17(25)24-9-12-1-3-13(4-2-12)15-11-22-7-8-26-15/h1-6,10,15,22H,7-9,11H2,(H,24,25). The number of halogens is 3. The summed E-state index contributed by atoms with van der Waals surface area (Å²) in [6.07, 6.45) is -3.58. The lowest BCUT2D eigenvalue weighted by Gasteiger charge is -2.24. The van der Waals surface area contributed by atoms with Gasteiger partial charge < -0.3 is 15.4 Å². The molecule has 1 amide bonds. The monoisotopic (exact) mass is 365 g/mol. The zero-order chi connectivity index (χ0) is 18.6. The van der Waals surface area contributed by atoms with Crippen LogP contribution in [0.15, 0.2) is 42.6 Å². The summed E-state index contributed by atoms with van der Waals surface area (Å²) in [6, 6.07) is 9.57. The van der Waals surface area contributed by atoms with Crippen LogP contribution in [0.2, 0.25) is 0 Å². The van der Waals surface area contributed by atoms with Gasteiger partial charge in [0, 0.05) is 25.8 Å². The fourth-order valence-corrected chi connectivity index (χ4v) is 2.61. The molecule has 5 nitrogen and oxygen atoms in total. The molecule has 138 valence electrons. The van der Waals surface area contributed by atoms with Crippen LogP contribution in [0.5, 0.6) is 0 Å². The second-order valence-corrected chi connectivity index (χ2v) is 5.92. The summed E-state index contributed by atoms with van der Waals surface area (Å²) in [5.74, 6) is -0.477. The summed E-state index contributed by atoms with van der Waals surface area (Å²) in [5.41, 5.74) is 0.991. The van der Waals surface area contributed by atoms with E-state index >= 15 is 0 Å². The predicted octanol–water partition coefficient (Wildman–Crippen LogP) is 2.69. The van der Waals surface area contributed by atoms with Crippen molar-refractivity contribution >= 4 is 5.91 Å². The average molecular weight is 365 g/mol. The number of carbonyl (C=O) groups is 1. The van der Waals surface area contributed by atoms with Crippen molar-refractivity contribution in [1.82, 2.24) is 15.6 Å². The van der Waals surface area contributed by atoms with Crippen LogP contribution in [0.3, 0.4) is 0 Å². The number of hydrogen-bond donors (Lipinski definition) is 2. The van der Waals surface area contributed by atoms with Crippen LogP contribution < -0.4 is 10.6 Å². The minimum absolute atomic E-state index is 0.0191. The number of rotatable bonds is 4. The maximum absolute atomic E-state index is 12.5. The van der Waals surface area contributed by atoms with Gasteiger partial charge in [0.1, 0.15) is 5.69 Å². The van der Waals surface area contributed by atoms with E-state index in [0.29, 0.717) is 6.61 Å². The first-order valence-corrected chi connectivity index (χ1v) is 8.16. The van der Waals surface area contributed by atoms with Crippen LogP contribution in [-0.2, 0) is 17.5 Å². The maximum Gasteiger partial charge on any atom is 0.433 e. The van der Waals surface area contributed by atoms with Crippen molar-refractivity contribution in [2.45, 2.75) is 18.8 Å². The smallest absolute Gasteiger partial charge is 0.371 e. The van der Waals surface area contributed by atoms with Gasteiger partial charge in [-0.1, -0.05) is 24.3 Å². The average Bonchev–Trinajstić information content (AvgIpc) is 2.66. The van der Waals surface area contributed by atoms with Crippen molar-refractivity contribution in [3.8, 4) is 0 Å². The molecule has 1 fully saturated rings. The first kappa shape index (κ1) is 18.3. The van der Waals surface area contributed by atoms with E-state index < -0.39 is 17.8 Å². The van der Waals surface area contributed by atoms with Crippen LogP contribution in [0.4, 0.5) is 13.2 Å². The van der Waals surface area contributed by atoms with Gasteiger partial charge >= 0.3 is 6.18 Å². The molecule has 2 N–H and O–H groups in total. The highest BCUT2D eigenvalue weighted by Gasteiger charge is 2.32. The largest absolute Gasteiger partial charge is 0.433 e. The summed E-state index contributed by atoms with van der Waals surface area (Å²) in [5, 5.41) is 5.93. The van der Waals surface area contributed by atoms with Gasteiger partial charge in [-0.15, -0.1) is 0 Å². The third kappa shape index (κ3) is 4.59. The predicted molar refractivity (Wildman–Crippen MR) is 88.4 cm³/mol. The molecule has 1 aromatic carbocycles. The van der Waals surface area contributed by atoms with E-state index in [1.165, 1.54) is 0 Å². The van der Waals surface area contributed by atoms with Crippen molar-refractivity contribution < 1.29 is 22.7 Å². The highest BCUT2D eigenvalue weighted by atomic mass is 19.4. The third-order valence-electron chi connectivity index (χ3n) is 4.05. The van der Waals surface area contributed by atoms with Crippen molar-refractivity contribution in [1.29, 1.82) is 0 Å². The topological polar surface area (TPSA) is 63.2 Å². The molecule has 3 rings (SSSR count). The third-order valence-corrected chi connectivity index (χ3v) is 4.05. The number of morpholine rings is 1. The Morgan fingerprint density at radius 1 is 1.23 bits per heavy atom. The van der Waals surface area contributed by atoms with E-state index in [4.69, 9.17) is 4.74 Å². The lowest BCUT2D eigenvalue weighted by Crippen LogP contribution is -2.33. The molecule has 2 heterocycles. The fraction of sp³-hybridized carbons (Fsp3) is 0.333. The Morgan fingerprint density at radius 2 is 2.00 bits per heavy atom. The molecule has 8 heteroatoms. The van der Waals surface area contributed by atoms with Crippen molar-refractivity contribution in [3.05, 3.63) is 65.0 Å². The molecular formula is C18H18F3N3O2. The number of nitrogens with zero attached hydrogens (tertiary/aromatic N) is 1. The lowest BCUT2D eigenvalue weighted by molar-refractivity contribution is -0.141. The highest BCUT2D eigenvalue weighted by molar-refractivity contribution is 5.93. The Balaban J connectivity index is 1.55. The zero-order valence-electron chi connectivity index (χ0n) is 13.8. The molecule has 0 radical (unpaired) electrons. The van der Waals surface area contributed by atoms with Gasteiger partial charge in [-0.25, -0.2) is 0 Å². The Kier molecular flexibility index (Phi) is 5.53. The Labute approximate surface area is 148 Å². The van der Waals surface area contributed by atoms with Crippen LogP contribution in [-0.4, -0.2) is 30.6 Å². The van der Waals surface area contributed by atoms with Gasteiger partial charge in [0.2, 0.25) is 0 Å². The van der Waals surface area contributed by atoms with Crippen LogP contribution in [0.25, 0.3) is 0 Å². The van der Waals surface area contributed by atoms with Gasteiger partial charge in [0.25, 0.3) is 5.91 Å². The molecule has 1 aliphatic rings. The second-order valence-electron chi connectivity index (χ2n) is 5.92. The minimum Gasteiger partial charge on any atom is -0.371 e. The molecule has 1 unspecified atom stereocenters. The first-order valence-electron chi connectivity index (χ1n) is 8.16. The summed E-state index contributed by atoms with van der Waals surface area (Å²) in [4.78, 5) is 15.3. The fourth-order valence-electron chi connectivity index (χ4n) is 2.61. The number of ether oxygens (including phenoxy) is 1. The summed E-state index contributed by atoms with van der Waals surface area (Å²) in [7, 11) is 0. The number of aromatic nitrogens is 1. The molecule has 0 aliphatic carbocycles. The van der Waals surface area contributed by atoms with Gasteiger partial charge in [0.15, 0.2) is 0 Å². The summed E-state index contributed by atoms with van der Waals surface area (Å²) in [6.45, 7) is 2.55. The number of hydrogen-bond acceptors (Lipinski definition) is 4. The maximum atomic E-state index is 12.5. The van der Waals surface area contributed by atoms with Crippen molar-refractivity contribution in [3.63, 3.8) is 0 Å². The van der Waals surface area contributed by atoms with Gasteiger partial charge in [-0.05, 0) is 23.3 Å². The number of nitrogens with one attached hydrogen (secondary N) is 2. The molecule has 1 saturated heterocycles. The van der Waals surface area contributed by atoms with Crippen molar-refractivity contribution in [2.24, 2.45) is 0 Å². The first-order chi connectivity index (χ1) is 12.4. The minimum atomic E-state index is -4.52. The summed E-state index contributed by atoms with van der Waals surface area (Å²) >= 11 is 0. The Hall–Kier alpha value is -2.45. The molecule has 26 heavy (non-hydrogen) atoms. The van der Waals surface area contributed by atoms with E-state index in [9.17, 15) is 18.0 Å². The van der Waals surface area contributed by atoms with Gasteiger partial charge in [-0.2, -0.15) is 13.2 Å². The van der Waals surface area contributed by atoms with Crippen LogP contribution in [0, 0.1) is 0 Å². The second kappa shape index (κ2) is 7.84. The Bertz CT molecular complexity index is 740. The molecule has 1 atom stereocenters. The molecule has 2 aromatic rings. The number of amides is 1.